The number of hydrogen-bond donors (Lipinski definition) is 1. The molecule has 2 aromatic rings. The Morgan fingerprint density at radius 3 is 2.35 bits per heavy atom. The second-order valence-corrected chi connectivity index (χ2v) is 6.16. The van der Waals surface area contributed by atoms with Gasteiger partial charge in [0.2, 0.25) is 0 Å². The number of carbonyl (C=O) groups excluding carboxylic acids is 1. The van der Waals surface area contributed by atoms with Gasteiger partial charge < -0.3 is 10.1 Å². The summed E-state index contributed by atoms with van der Waals surface area (Å²) in [5.41, 5.74) is 3.51. The summed E-state index contributed by atoms with van der Waals surface area (Å²) in [5, 5.41) is 2.82. The van der Waals surface area contributed by atoms with Crippen molar-refractivity contribution in [1.29, 1.82) is 0 Å². The van der Waals surface area contributed by atoms with E-state index in [1.54, 1.807) is 0 Å². The van der Waals surface area contributed by atoms with Gasteiger partial charge in [0.05, 0.1) is 0 Å². The zero-order valence-electron chi connectivity index (χ0n) is 14.1. The van der Waals surface area contributed by atoms with Crippen LogP contribution in [0.25, 0.3) is 0 Å². The molecule has 122 valence electrons. The molecule has 2 aromatic carbocycles. The standard InChI is InChI=1S/C20H25NO2/c1-15(2)19(13-18-12-8-7-9-16(18)3)23-20(22)21-14-17-10-5-4-6-11-17/h4-12,15,19H,13-14H2,1-3H3,(H,21,22)/t19-/m1/s1. The van der Waals surface area contributed by atoms with Crippen LogP contribution >= 0.6 is 0 Å². The predicted octanol–water partition coefficient (Wildman–Crippen LogP) is 4.49. The zero-order chi connectivity index (χ0) is 16.7. The average Bonchev–Trinajstić information content (AvgIpc) is 2.55. The molecule has 3 nitrogen and oxygen atoms in total. The Hall–Kier alpha value is -2.29. The van der Waals surface area contributed by atoms with E-state index in [1.807, 2.05) is 42.5 Å². The highest BCUT2D eigenvalue weighted by Gasteiger charge is 2.19. The van der Waals surface area contributed by atoms with Crippen molar-refractivity contribution in [2.45, 2.75) is 39.8 Å². The fraction of sp³-hybridized carbons (Fsp3) is 0.350. The first-order valence-corrected chi connectivity index (χ1v) is 8.09. The molecule has 2 rings (SSSR count). The summed E-state index contributed by atoms with van der Waals surface area (Å²) >= 11 is 0. The molecule has 0 radical (unpaired) electrons. The molecule has 0 aliphatic carbocycles. The van der Waals surface area contributed by atoms with Crippen molar-refractivity contribution in [2.75, 3.05) is 0 Å². The van der Waals surface area contributed by atoms with Crippen LogP contribution in [0.5, 0.6) is 0 Å². The topological polar surface area (TPSA) is 38.3 Å². The molecule has 0 bridgehead atoms. The summed E-state index contributed by atoms with van der Waals surface area (Å²) in [6.45, 7) is 6.72. The summed E-state index contributed by atoms with van der Waals surface area (Å²) in [6, 6.07) is 18.1. The van der Waals surface area contributed by atoms with Gasteiger partial charge in [-0.3, -0.25) is 0 Å². The van der Waals surface area contributed by atoms with Crippen molar-refractivity contribution in [3.05, 3.63) is 71.3 Å². The lowest BCUT2D eigenvalue weighted by molar-refractivity contribution is 0.0708. The Bertz CT molecular complexity index is 623. The van der Waals surface area contributed by atoms with Crippen molar-refractivity contribution in [3.63, 3.8) is 0 Å². The molecular weight excluding hydrogens is 286 g/mol. The molecule has 0 heterocycles. The molecule has 3 heteroatoms. The summed E-state index contributed by atoms with van der Waals surface area (Å²) in [4.78, 5) is 12.1. The molecule has 0 spiro atoms. The van der Waals surface area contributed by atoms with E-state index in [-0.39, 0.29) is 18.1 Å². The van der Waals surface area contributed by atoms with E-state index in [2.05, 4.69) is 38.2 Å². The highest BCUT2D eigenvalue weighted by Crippen LogP contribution is 2.17. The van der Waals surface area contributed by atoms with Gasteiger partial charge in [0.15, 0.2) is 0 Å². The van der Waals surface area contributed by atoms with Crippen molar-refractivity contribution < 1.29 is 9.53 Å². The molecule has 1 atom stereocenters. The Labute approximate surface area is 138 Å². The Morgan fingerprint density at radius 2 is 1.70 bits per heavy atom. The lowest BCUT2D eigenvalue weighted by Gasteiger charge is -2.22. The van der Waals surface area contributed by atoms with Gasteiger partial charge in [0.25, 0.3) is 0 Å². The van der Waals surface area contributed by atoms with E-state index in [1.165, 1.54) is 11.1 Å². The van der Waals surface area contributed by atoms with Crippen LogP contribution in [0.15, 0.2) is 54.6 Å². The highest BCUT2D eigenvalue weighted by molar-refractivity contribution is 5.67. The van der Waals surface area contributed by atoms with Gasteiger partial charge in [-0.1, -0.05) is 68.4 Å². The maximum Gasteiger partial charge on any atom is 0.407 e. The molecule has 0 aromatic heterocycles. The van der Waals surface area contributed by atoms with Gasteiger partial charge in [-0.05, 0) is 29.5 Å². The number of ether oxygens (including phenoxy) is 1. The normalized spacial score (nSPS) is 12.0. The molecule has 1 amide bonds. The van der Waals surface area contributed by atoms with Crippen LogP contribution in [0, 0.1) is 12.8 Å². The first-order chi connectivity index (χ1) is 11.1. The Balaban J connectivity index is 1.91. The van der Waals surface area contributed by atoms with Crippen LogP contribution in [0.3, 0.4) is 0 Å². The minimum atomic E-state index is -0.360. The third-order valence-corrected chi connectivity index (χ3v) is 3.96. The Morgan fingerprint density at radius 1 is 1.04 bits per heavy atom. The quantitative estimate of drug-likeness (QED) is 0.853. The fourth-order valence-corrected chi connectivity index (χ4v) is 2.42. The smallest absolute Gasteiger partial charge is 0.407 e. The van der Waals surface area contributed by atoms with Crippen LogP contribution in [0.4, 0.5) is 4.79 Å². The fourth-order valence-electron chi connectivity index (χ4n) is 2.42. The van der Waals surface area contributed by atoms with Gasteiger partial charge in [-0.15, -0.1) is 0 Å². The summed E-state index contributed by atoms with van der Waals surface area (Å²) in [6.07, 6.45) is 0.247. The van der Waals surface area contributed by atoms with Crippen LogP contribution < -0.4 is 5.32 Å². The van der Waals surface area contributed by atoms with E-state index < -0.39 is 0 Å². The lowest BCUT2D eigenvalue weighted by atomic mass is 9.96. The van der Waals surface area contributed by atoms with Gasteiger partial charge in [0, 0.05) is 13.0 Å². The lowest BCUT2D eigenvalue weighted by Crippen LogP contribution is -2.32. The highest BCUT2D eigenvalue weighted by atomic mass is 16.6. The van der Waals surface area contributed by atoms with E-state index in [9.17, 15) is 4.79 Å². The van der Waals surface area contributed by atoms with Gasteiger partial charge in [-0.2, -0.15) is 0 Å². The largest absolute Gasteiger partial charge is 0.446 e. The number of aryl methyl sites for hydroxylation is 1. The molecule has 0 saturated carbocycles. The average molecular weight is 311 g/mol. The number of hydrogen-bond acceptors (Lipinski definition) is 2. The summed E-state index contributed by atoms with van der Waals surface area (Å²) in [5.74, 6) is 0.261. The van der Waals surface area contributed by atoms with Crippen molar-refractivity contribution >= 4 is 6.09 Å². The molecule has 0 saturated heterocycles. The first kappa shape index (κ1) is 17.1. The van der Waals surface area contributed by atoms with Crippen LogP contribution in [0.1, 0.15) is 30.5 Å². The number of amides is 1. The first-order valence-electron chi connectivity index (χ1n) is 8.09. The molecule has 0 fully saturated rings. The maximum atomic E-state index is 12.1. The zero-order valence-corrected chi connectivity index (χ0v) is 14.1. The van der Waals surface area contributed by atoms with E-state index in [0.29, 0.717) is 6.54 Å². The van der Waals surface area contributed by atoms with E-state index in [0.717, 1.165) is 12.0 Å². The molecule has 0 unspecified atom stereocenters. The molecule has 23 heavy (non-hydrogen) atoms. The monoisotopic (exact) mass is 311 g/mol. The Kier molecular flexibility index (Phi) is 6.21. The third kappa shape index (κ3) is 5.44. The minimum Gasteiger partial charge on any atom is -0.446 e. The number of nitrogens with one attached hydrogen (secondary N) is 1. The number of rotatable bonds is 6. The van der Waals surface area contributed by atoms with Crippen LogP contribution in [0.2, 0.25) is 0 Å². The second-order valence-electron chi connectivity index (χ2n) is 6.16. The second kappa shape index (κ2) is 8.37. The minimum absolute atomic E-state index is 0.133. The van der Waals surface area contributed by atoms with Crippen LogP contribution in [-0.2, 0) is 17.7 Å². The number of carbonyl (C=O) groups is 1. The van der Waals surface area contributed by atoms with Crippen molar-refractivity contribution in [1.82, 2.24) is 5.32 Å². The van der Waals surface area contributed by atoms with Gasteiger partial charge in [-0.25, -0.2) is 4.79 Å². The molecular formula is C20H25NO2. The summed E-state index contributed by atoms with van der Waals surface area (Å²) < 4.78 is 5.64. The summed E-state index contributed by atoms with van der Waals surface area (Å²) in [7, 11) is 0. The maximum absolute atomic E-state index is 12.1. The van der Waals surface area contributed by atoms with Crippen LogP contribution in [-0.4, -0.2) is 12.2 Å². The van der Waals surface area contributed by atoms with Crippen molar-refractivity contribution in [2.24, 2.45) is 5.92 Å². The number of alkyl carbamates (subject to hydrolysis) is 1. The predicted molar refractivity (Wildman–Crippen MR) is 93.3 cm³/mol. The third-order valence-electron chi connectivity index (χ3n) is 3.96. The van der Waals surface area contributed by atoms with Gasteiger partial charge in [0.1, 0.15) is 6.10 Å². The molecule has 1 N–H and O–H groups in total. The SMILES string of the molecule is Cc1ccccc1C[C@@H](OC(=O)NCc1ccccc1)C(C)C. The van der Waals surface area contributed by atoms with E-state index in [4.69, 9.17) is 4.74 Å². The molecule has 0 aliphatic rings. The molecule has 0 aliphatic heterocycles. The van der Waals surface area contributed by atoms with E-state index >= 15 is 0 Å². The number of benzene rings is 2. The van der Waals surface area contributed by atoms with Crippen molar-refractivity contribution in [3.8, 4) is 0 Å². The van der Waals surface area contributed by atoms with Gasteiger partial charge >= 0.3 is 6.09 Å².